The van der Waals surface area contributed by atoms with Gasteiger partial charge in [0, 0.05) is 24.5 Å². The van der Waals surface area contributed by atoms with Crippen LogP contribution in [-0.2, 0) is 17.5 Å². The molecular weight excluding hydrogens is 516 g/mol. The van der Waals surface area contributed by atoms with Crippen LogP contribution >= 0.6 is 0 Å². The van der Waals surface area contributed by atoms with Crippen LogP contribution in [0.1, 0.15) is 36.8 Å². The van der Waals surface area contributed by atoms with E-state index in [-0.39, 0.29) is 42.1 Å². The fourth-order valence-corrected chi connectivity index (χ4v) is 5.24. The Morgan fingerprint density at radius 2 is 1.87 bits per heavy atom. The first-order valence-corrected chi connectivity index (χ1v) is 12.9. The number of anilines is 2. The minimum Gasteiger partial charge on any atom is -0.369 e. The lowest BCUT2D eigenvalue weighted by Crippen LogP contribution is -2.47. The Labute approximate surface area is 223 Å². The van der Waals surface area contributed by atoms with Gasteiger partial charge in [0.25, 0.3) is 0 Å². The first kappa shape index (κ1) is 27.0. The van der Waals surface area contributed by atoms with E-state index in [1.807, 2.05) is 4.90 Å². The summed E-state index contributed by atoms with van der Waals surface area (Å²) in [6.45, 7) is 2.59. The summed E-state index contributed by atoms with van der Waals surface area (Å²) in [5, 5.41) is 11.3. The van der Waals surface area contributed by atoms with Gasteiger partial charge in [0.15, 0.2) is 11.6 Å². The number of aromatic nitrogens is 2. The molecule has 1 aliphatic carbocycles. The number of rotatable bonds is 10. The largest absolute Gasteiger partial charge is 0.416 e. The number of carbonyl (C=O) groups is 1. The number of benzene rings is 1. The van der Waals surface area contributed by atoms with Gasteiger partial charge in [0.2, 0.25) is 11.7 Å². The number of carbonyl (C=O) groups excluding carboxylic acids is 1. The number of hydrogen-bond acceptors (Lipinski definition) is 8. The van der Waals surface area contributed by atoms with Gasteiger partial charge in [0.05, 0.1) is 24.9 Å². The molecule has 3 N–H and O–H groups in total. The van der Waals surface area contributed by atoms with Gasteiger partial charge in [-0.05, 0) is 62.0 Å². The lowest BCUT2D eigenvalue weighted by Gasteiger charge is -2.42. The molecule has 2 aliphatic heterocycles. The molecule has 0 spiro atoms. The third kappa shape index (κ3) is 6.18. The van der Waals surface area contributed by atoms with E-state index in [2.05, 4.69) is 25.5 Å². The molecule has 0 unspecified atom stereocenters. The van der Waals surface area contributed by atoms with Crippen LogP contribution in [0.15, 0.2) is 52.6 Å². The summed E-state index contributed by atoms with van der Waals surface area (Å²) >= 11 is 0. The van der Waals surface area contributed by atoms with Crippen LogP contribution in [0.25, 0.3) is 0 Å². The molecule has 2 fully saturated rings. The normalized spacial score (nSPS) is 19.1. The molecular formula is C26H30F4N8O. The summed E-state index contributed by atoms with van der Waals surface area (Å²) in [5.41, 5.74) is 5.97. The minimum absolute atomic E-state index is 0.0531. The Morgan fingerprint density at radius 3 is 2.46 bits per heavy atom. The highest BCUT2D eigenvalue weighted by Gasteiger charge is 2.40. The van der Waals surface area contributed by atoms with Crippen molar-refractivity contribution in [3.63, 3.8) is 0 Å². The summed E-state index contributed by atoms with van der Waals surface area (Å²) in [6.07, 6.45) is 1.76. The molecule has 1 saturated heterocycles. The van der Waals surface area contributed by atoms with Crippen molar-refractivity contribution in [3.05, 3.63) is 59.3 Å². The molecule has 208 valence electrons. The maximum atomic E-state index is 15.8. The molecule has 3 heterocycles. The van der Waals surface area contributed by atoms with Crippen LogP contribution in [0, 0.1) is 11.2 Å². The number of azo groups is 1. The highest BCUT2D eigenvalue weighted by atomic mass is 19.4. The Hall–Kier alpha value is -3.61. The minimum atomic E-state index is -4.42. The molecule has 5 rings (SSSR count). The number of halogens is 4. The molecule has 1 saturated carbocycles. The summed E-state index contributed by atoms with van der Waals surface area (Å²) in [5.74, 6) is -0.806. The van der Waals surface area contributed by atoms with E-state index >= 15 is 4.39 Å². The molecule has 0 bridgehead atoms. The summed E-state index contributed by atoms with van der Waals surface area (Å²) < 4.78 is 54.7. The molecule has 9 nitrogen and oxygen atoms in total. The van der Waals surface area contributed by atoms with Gasteiger partial charge in [-0.1, -0.05) is 12.1 Å². The SMILES string of the molecule is NC(=O)CN1CCC(CNc2ncnc(N(Cc3ccc(C(F)(F)F)cc3)C3CC3)c2F)(C2=CN=NC2)CC1. The second kappa shape index (κ2) is 10.9. The smallest absolute Gasteiger partial charge is 0.369 e. The van der Waals surface area contributed by atoms with Crippen LogP contribution < -0.4 is 16.0 Å². The molecule has 39 heavy (non-hydrogen) atoms. The lowest BCUT2D eigenvalue weighted by atomic mass is 9.72. The van der Waals surface area contributed by atoms with Crippen molar-refractivity contribution in [2.75, 3.05) is 42.9 Å². The number of nitrogens with zero attached hydrogens (tertiary/aromatic N) is 6. The number of likely N-dealkylation sites (tertiary alicyclic amines) is 1. The predicted octanol–water partition coefficient (Wildman–Crippen LogP) is 4.13. The second-order valence-electron chi connectivity index (χ2n) is 10.4. The van der Waals surface area contributed by atoms with Crippen molar-refractivity contribution in [1.82, 2.24) is 14.9 Å². The third-order valence-electron chi connectivity index (χ3n) is 7.67. The number of nitrogens with two attached hydrogens (primary N) is 1. The number of hydrogen-bond donors (Lipinski definition) is 2. The van der Waals surface area contributed by atoms with Gasteiger partial charge in [-0.15, -0.1) is 0 Å². The molecule has 0 radical (unpaired) electrons. The van der Waals surface area contributed by atoms with Crippen molar-refractivity contribution in [1.29, 1.82) is 0 Å². The fraction of sp³-hybridized carbons (Fsp3) is 0.500. The average molecular weight is 547 g/mol. The first-order valence-electron chi connectivity index (χ1n) is 12.9. The van der Waals surface area contributed by atoms with E-state index in [1.54, 1.807) is 11.1 Å². The molecule has 1 aromatic heterocycles. The van der Waals surface area contributed by atoms with E-state index in [4.69, 9.17) is 5.73 Å². The third-order valence-corrected chi connectivity index (χ3v) is 7.67. The van der Waals surface area contributed by atoms with Crippen LogP contribution in [0.5, 0.6) is 0 Å². The molecule has 3 aliphatic rings. The van der Waals surface area contributed by atoms with E-state index in [0.29, 0.717) is 44.6 Å². The van der Waals surface area contributed by atoms with Gasteiger partial charge in [-0.3, -0.25) is 9.69 Å². The summed E-state index contributed by atoms with van der Waals surface area (Å²) in [4.78, 5) is 23.5. The van der Waals surface area contributed by atoms with Crippen molar-refractivity contribution >= 4 is 17.5 Å². The molecule has 1 amide bonds. The number of nitrogens with one attached hydrogen (secondary N) is 1. The fourth-order valence-electron chi connectivity index (χ4n) is 5.24. The second-order valence-corrected chi connectivity index (χ2v) is 10.4. The van der Waals surface area contributed by atoms with E-state index < -0.39 is 17.6 Å². The summed E-state index contributed by atoms with van der Waals surface area (Å²) in [7, 11) is 0. The average Bonchev–Trinajstić information content (AvgIpc) is 3.59. The highest BCUT2D eigenvalue weighted by Crippen LogP contribution is 2.41. The van der Waals surface area contributed by atoms with Crippen LogP contribution in [0.3, 0.4) is 0 Å². The van der Waals surface area contributed by atoms with Gasteiger partial charge in [-0.2, -0.15) is 27.8 Å². The van der Waals surface area contributed by atoms with Crippen LogP contribution in [-0.4, -0.2) is 59.5 Å². The zero-order valence-corrected chi connectivity index (χ0v) is 21.3. The lowest BCUT2D eigenvalue weighted by molar-refractivity contribution is -0.137. The van der Waals surface area contributed by atoms with Gasteiger partial charge < -0.3 is 16.0 Å². The van der Waals surface area contributed by atoms with Gasteiger partial charge >= 0.3 is 6.18 Å². The number of amides is 1. The number of piperidine rings is 1. The van der Waals surface area contributed by atoms with Crippen LogP contribution in [0.2, 0.25) is 0 Å². The molecule has 0 atom stereocenters. The Kier molecular flexibility index (Phi) is 7.52. The Balaban J connectivity index is 1.32. The zero-order chi connectivity index (χ0) is 27.6. The van der Waals surface area contributed by atoms with Gasteiger partial charge in [0.1, 0.15) is 6.33 Å². The quantitative estimate of drug-likeness (QED) is 0.434. The molecule has 13 heteroatoms. The number of alkyl halides is 3. The van der Waals surface area contributed by atoms with E-state index in [9.17, 15) is 18.0 Å². The van der Waals surface area contributed by atoms with E-state index in [0.717, 1.165) is 30.5 Å². The Morgan fingerprint density at radius 1 is 1.15 bits per heavy atom. The molecule has 1 aromatic carbocycles. The number of primary amides is 1. The van der Waals surface area contributed by atoms with Crippen molar-refractivity contribution in [3.8, 4) is 0 Å². The van der Waals surface area contributed by atoms with Crippen molar-refractivity contribution < 1.29 is 22.4 Å². The Bertz CT molecular complexity index is 1250. The van der Waals surface area contributed by atoms with Crippen LogP contribution in [0.4, 0.5) is 29.2 Å². The van der Waals surface area contributed by atoms with E-state index in [1.165, 1.54) is 18.5 Å². The first-order chi connectivity index (χ1) is 18.6. The zero-order valence-electron chi connectivity index (χ0n) is 21.3. The monoisotopic (exact) mass is 546 g/mol. The maximum Gasteiger partial charge on any atom is 0.416 e. The predicted molar refractivity (Wildman–Crippen MR) is 136 cm³/mol. The van der Waals surface area contributed by atoms with Crippen molar-refractivity contribution in [2.24, 2.45) is 21.4 Å². The standard InChI is InChI=1S/C26H30F4N8O/c27-22-23(32-15-25(19-11-35-36-12-19)7-9-37(10-8-25)14-21(31)39)33-16-34-24(22)38(20-5-6-20)13-17-1-3-18(4-2-17)26(28,29)30/h1-4,11,16,20H,5-10,12-15H2,(H2,31,39)(H,32,33,34). The highest BCUT2D eigenvalue weighted by molar-refractivity contribution is 5.75. The van der Waals surface area contributed by atoms with Crippen molar-refractivity contribution in [2.45, 2.75) is 44.4 Å². The van der Waals surface area contributed by atoms with Gasteiger partial charge in [-0.25, -0.2) is 9.97 Å². The summed E-state index contributed by atoms with van der Waals surface area (Å²) in [6, 6.07) is 4.95. The molecule has 2 aromatic rings. The maximum absolute atomic E-state index is 15.8. The topological polar surface area (TPSA) is 112 Å².